The van der Waals surface area contributed by atoms with Crippen molar-refractivity contribution in [3.63, 3.8) is 0 Å². The Morgan fingerprint density at radius 2 is 2.12 bits per heavy atom. The van der Waals surface area contributed by atoms with E-state index in [-0.39, 0.29) is 11.5 Å². The standard InChI is InChI=1S/C16H20N6OS/c1-16(2,3)15-19-18-12-4-5-13(20-22(12)15)21-7-8-23-11(10-21)14-17-6-9-24-14/h4-6,9,11H,7-8,10H2,1-3H3. The van der Waals surface area contributed by atoms with Crippen LogP contribution in [0.5, 0.6) is 0 Å². The van der Waals surface area contributed by atoms with Gasteiger partial charge in [0.1, 0.15) is 16.9 Å². The zero-order valence-electron chi connectivity index (χ0n) is 14.0. The zero-order chi connectivity index (χ0) is 16.7. The summed E-state index contributed by atoms with van der Waals surface area (Å²) in [6.07, 6.45) is 1.82. The molecular weight excluding hydrogens is 324 g/mol. The van der Waals surface area contributed by atoms with Gasteiger partial charge in [-0.1, -0.05) is 20.8 Å². The molecule has 3 aromatic heterocycles. The van der Waals surface area contributed by atoms with Crippen molar-refractivity contribution in [2.45, 2.75) is 32.3 Å². The molecule has 8 heteroatoms. The Morgan fingerprint density at radius 3 is 2.88 bits per heavy atom. The molecule has 0 aliphatic carbocycles. The SMILES string of the molecule is CC(C)(C)c1nnc2ccc(N3CCOC(c4nccs4)C3)nn12. The number of ether oxygens (including phenoxy) is 1. The van der Waals surface area contributed by atoms with Gasteiger partial charge in [-0.15, -0.1) is 26.6 Å². The third kappa shape index (κ3) is 2.76. The van der Waals surface area contributed by atoms with Crippen LogP contribution in [0.15, 0.2) is 23.7 Å². The predicted octanol–water partition coefficient (Wildman–Crippen LogP) is 2.46. The second-order valence-electron chi connectivity index (χ2n) is 6.91. The van der Waals surface area contributed by atoms with Gasteiger partial charge in [0.05, 0.1) is 13.2 Å². The van der Waals surface area contributed by atoms with Gasteiger partial charge < -0.3 is 9.64 Å². The highest BCUT2D eigenvalue weighted by molar-refractivity contribution is 7.09. The minimum Gasteiger partial charge on any atom is -0.367 e. The molecule has 1 saturated heterocycles. The molecule has 1 aliphatic rings. The molecule has 1 atom stereocenters. The number of rotatable bonds is 2. The molecule has 0 spiro atoms. The van der Waals surface area contributed by atoms with Crippen LogP contribution in [0.2, 0.25) is 0 Å². The molecule has 1 aliphatic heterocycles. The summed E-state index contributed by atoms with van der Waals surface area (Å²) in [4.78, 5) is 6.61. The normalized spacial score (nSPS) is 19.1. The second-order valence-corrected chi connectivity index (χ2v) is 7.84. The number of nitrogens with zero attached hydrogens (tertiary/aromatic N) is 6. The molecule has 7 nitrogen and oxygen atoms in total. The smallest absolute Gasteiger partial charge is 0.178 e. The predicted molar refractivity (Wildman–Crippen MR) is 92.5 cm³/mol. The molecule has 126 valence electrons. The molecule has 24 heavy (non-hydrogen) atoms. The van der Waals surface area contributed by atoms with Crippen molar-refractivity contribution in [3.05, 3.63) is 34.5 Å². The van der Waals surface area contributed by atoms with Gasteiger partial charge in [0.2, 0.25) is 0 Å². The van der Waals surface area contributed by atoms with Crippen LogP contribution in [0.25, 0.3) is 5.65 Å². The lowest BCUT2D eigenvalue weighted by Gasteiger charge is -2.32. The van der Waals surface area contributed by atoms with Crippen molar-refractivity contribution in [2.24, 2.45) is 0 Å². The second kappa shape index (κ2) is 5.78. The molecule has 0 radical (unpaired) electrons. The monoisotopic (exact) mass is 344 g/mol. The number of morpholine rings is 1. The Hall–Kier alpha value is -2.06. The van der Waals surface area contributed by atoms with E-state index in [1.54, 1.807) is 11.3 Å². The zero-order valence-corrected chi connectivity index (χ0v) is 14.8. The van der Waals surface area contributed by atoms with Gasteiger partial charge in [-0.3, -0.25) is 0 Å². The molecule has 0 aromatic carbocycles. The van der Waals surface area contributed by atoms with Gasteiger partial charge in [-0.05, 0) is 12.1 Å². The number of fused-ring (bicyclic) bond motifs is 1. The lowest BCUT2D eigenvalue weighted by atomic mass is 9.96. The number of anilines is 1. The Kier molecular flexibility index (Phi) is 3.73. The number of thiazole rings is 1. The maximum absolute atomic E-state index is 5.87. The molecule has 1 unspecified atom stereocenters. The first-order valence-electron chi connectivity index (χ1n) is 8.01. The molecule has 0 bridgehead atoms. The maximum atomic E-state index is 5.87. The molecule has 4 rings (SSSR count). The van der Waals surface area contributed by atoms with Crippen molar-refractivity contribution >= 4 is 22.8 Å². The highest BCUT2D eigenvalue weighted by Gasteiger charge is 2.26. The summed E-state index contributed by atoms with van der Waals surface area (Å²) in [6, 6.07) is 3.97. The van der Waals surface area contributed by atoms with E-state index in [0.717, 1.165) is 35.4 Å². The van der Waals surface area contributed by atoms with E-state index in [0.29, 0.717) is 6.61 Å². The Morgan fingerprint density at radius 1 is 1.25 bits per heavy atom. The summed E-state index contributed by atoms with van der Waals surface area (Å²) in [5, 5.41) is 16.3. The highest BCUT2D eigenvalue weighted by Crippen LogP contribution is 2.27. The molecule has 0 N–H and O–H groups in total. The quantitative estimate of drug-likeness (QED) is 0.711. The topological polar surface area (TPSA) is 68.4 Å². The first-order valence-corrected chi connectivity index (χ1v) is 8.89. The third-order valence-corrected chi connectivity index (χ3v) is 4.90. The number of aromatic nitrogens is 5. The van der Waals surface area contributed by atoms with E-state index in [1.807, 2.05) is 28.2 Å². The largest absolute Gasteiger partial charge is 0.367 e. The fourth-order valence-electron chi connectivity index (χ4n) is 2.82. The van der Waals surface area contributed by atoms with Crippen molar-refractivity contribution in [3.8, 4) is 0 Å². The summed E-state index contributed by atoms with van der Waals surface area (Å²) in [6.45, 7) is 8.58. The Labute approximate surface area is 144 Å². The summed E-state index contributed by atoms with van der Waals surface area (Å²) in [5.41, 5.74) is 0.660. The van der Waals surface area contributed by atoms with Gasteiger partial charge in [0.15, 0.2) is 11.5 Å². The van der Waals surface area contributed by atoms with E-state index in [4.69, 9.17) is 9.84 Å². The van der Waals surface area contributed by atoms with Crippen LogP contribution in [0.4, 0.5) is 5.82 Å². The molecule has 0 saturated carbocycles. The Bertz CT molecular complexity index is 838. The van der Waals surface area contributed by atoms with Crippen LogP contribution in [-0.2, 0) is 10.2 Å². The minimum atomic E-state index is -0.112. The van der Waals surface area contributed by atoms with Crippen molar-refractivity contribution in [1.82, 2.24) is 24.8 Å². The first-order chi connectivity index (χ1) is 11.5. The van der Waals surface area contributed by atoms with Crippen molar-refractivity contribution < 1.29 is 4.74 Å². The number of hydrogen-bond acceptors (Lipinski definition) is 7. The molecule has 0 amide bonds. The average Bonchev–Trinajstić information content (AvgIpc) is 3.23. The molecule has 4 heterocycles. The highest BCUT2D eigenvalue weighted by atomic mass is 32.1. The van der Waals surface area contributed by atoms with E-state index < -0.39 is 0 Å². The van der Waals surface area contributed by atoms with Gasteiger partial charge in [0, 0.05) is 23.5 Å². The van der Waals surface area contributed by atoms with Crippen LogP contribution in [0, 0.1) is 0 Å². The van der Waals surface area contributed by atoms with E-state index in [2.05, 4.69) is 40.9 Å². The Balaban J connectivity index is 1.66. The summed E-state index contributed by atoms with van der Waals surface area (Å²) >= 11 is 1.63. The molecule has 1 fully saturated rings. The fourth-order valence-corrected chi connectivity index (χ4v) is 3.49. The average molecular weight is 344 g/mol. The van der Waals surface area contributed by atoms with Gasteiger partial charge in [-0.25, -0.2) is 4.98 Å². The first kappa shape index (κ1) is 15.5. The van der Waals surface area contributed by atoms with Gasteiger partial charge >= 0.3 is 0 Å². The van der Waals surface area contributed by atoms with Gasteiger partial charge in [-0.2, -0.15) is 4.52 Å². The van der Waals surface area contributed by atoms with E-state index >= 15 is 0 Å². The van der Waals surface area contributed by atoms with Crippen LogP contribution in [0.1, 0.15) is 37.7 Å². The van der Waals surface area contributed by atoms with Crippen LogP contribution in [-0.4, -0.2) is 44.5 Å². The third-order valence-electron chi connectivity index (χ3n) is 4.04. The van der Waals surface area contributed by atoms with Gasteiger partial charge in [0.25, 0.3) is 0 Å². The lowest BCUT2D eigenvalue weighted by molar-refractivity contribution is 0.0393. The van der Waals surface area contributed by atoms with Crippen molar-refractivity contribution in [2.75, 3.05) is 24.6 Å². The minimum absolute atomic E-state index is 0.000698. The van der Waals surface area contributed by atoms with E-state index in [1.165, 1.54) is 0 Å². The summed E-state index contributed by atoms with van der Waals surface area (Å²) < 4.78 is 7.72. The van der Waals surface area contributed by atoms with Crippen LogP contribution < -0.4 is 4.90 Å². The van der Waals surface area contributed by atoms with Crippen LogP contribution in [0.3, 0.4) is 0 Å². The molecular formula is C16H20N6OS. The van der Waals surface area contributed by atoms with Crippen LogP contribution >= 0.6 is 11.3 Å². The number of hydrogen-bond donors (Lipinski definition) is 0. The van der Waals surface area contributed by atoms with E-state index in [9.17, 15) is 0 Å². The summed E-state index contributed by atoms with van der Waals surface area (Å²) in [7, 11) is 0. The molecule has 3 aromatic rings. The summed E-state index contributed by atoms with van der Waals surface area (Å²) in [5.74, 6) is 1.78. The van der Waals surface area contributed by atoms with Crippen molar-refractivity contribution in [1.29, 1.82) is 0 Å². The fraction of sp³-hybridized carbons (Fsp3) is 0.500. The lowest BCUT2D eigenvalue weighted by Crippen LogP contribution is -2.39. The maximum Gasteiger partial charge on any atom is 0.178 e.